The number of likely N-dealkylation sites (tertiary alicyclic amines) is 1. The van der Waals surface area contributed by atoms with E-state index in [2.05, 4.69) is 10.3 Å². The molecule has 1 N–H and O–H groups in total. The molecule has 3 aliphatic heterocycles. The highest BCUT2D eigenvalue weighted by atomic mass is 16.5. The second-order valence-corrected chi connectivity index (χ2v) is 7.08. The summed E-state index contributed by atoms with van der Waals surface area (Å²) >= 11 is 0. The van der Waals surface area contributed by atoms with Crippen LogP contribution in [-0.2, 0) is 14.3 Å². The molecular weight excluding hydrogens is 306 g/mol. The Balaban J connectivity index is 1.30. The number of anilines is 1. The molecule has 0 radical (unpaired) electrons. The molecule has 0 aromatic carbocycles. The van der Waals surface area contributed by atoms with Crippen LogP contribution in [0.4, 0.5) is 5.82 Å². The molecule has 0 bridgehead atoms. The summed E-state index contributed by atoms with van der Waals surface area (Å²) in [6.45, 7) is 2.97. The van der Waals surface area contributed by atoms with E-state index in [4.69, 9.17) is 9.47 Å². The van der Waals surface area contributed by atoms with Crippen molar-refractivity contribution in [3.05, 3.63) is 24.4 Å². The topological polar surface area (TPSA) is 63.7 Å². The molecule has 1 aromatic heterocycles. The predicted molar refractivity (Wildman–Crippen MR) is 89.7 cm³/mol. The van der Waals surface area contributed by atoms with E-state index in [-0.39, 0.29) is 17.6 Å². The lowest BCUT2D eigenvalue weighted by atomic mass is 9.87. The van der Waals surface area contributed by atoms with Crippen molar-refractivity contribution in [3.8, 4) is 0 Å². The van der Waals surface area contributed by atoms with E-state index in [0.29, 0.717) is 12.6 Å². The van der Waals surface area contributed by atoms with Crippen LogP contribution in [-0.4, -0.2) is 59.8 Å². The zero-order chi connectivity index (χ0) is 16.4. The summed E-state index contributed by atoms with van der Waals surface area (Å²) in [6.07, 6.45) is 6.25. The molecule has 1 spiro atoms. The number of piperidine rings is 1. The first kappa shape index (κ1) is 15.8. The summed E-state index contributed by atoms with van der Waals surface area (Å²) in [4.78, 5) is 18.7. The molecule has 3 aliphatic rings. The number of amides is 1. The summed E-state index contributed by atoms with van der Waals surface area (Å²) in [5.74, 6) is 1.07. The Kier molecular flexibility index (Phi) is 4.41. The fraction of sp³-hybridized carbons (Fsp3) is 0.667. The molecule has 0 aliphatic carbocycles. The van der Waals surface area contributed by atoms with E-state index >= 15 is 0 Å². The van der Waals surface area contributed by atoms with Crippen molar-refractivity contribution >= 4 is 11.7 Å². The second kappa shape index (κ2) is 6.69. The maximum Gasteiger partial charge on any atom is 0.251 e. The minimum Gasteiger partial charge on any atom is -0.373 e. The Labute approximate surface area is 142 Å². The van der Waals surface area contributed by atoms with Crippen LogP contribution in [0.15, 0.2) is 24.4 Å². The summed E-state index contributed by atoms with van der Waals surface area (Å²) < 4.78 is 11.7. The Bertz CT molecular complexity index is 566. The Morgan fingerprint density at radius 3 is 2.92 bits per heavy atom. The third-order valence-corrected chi connectivity index (χ3v) is 5.42. The van der Waals surface area contributed by atoms with Gasteiger partial charge in [-0.25, -0.2) is 4.98 Å². The lowest BCUT2D eigenvalue weighted by Gasteiger charge is -2.39. The van der Waals surface area contributed by atoms with Gasteiger partial charge in [0.05, 0.1) is 18.2 Å². The molecule has 3 saturated heterocycles. The second-order valence-electron chi connectivity index (χ2n) is 7.08. The molecule has 3 fully saturated rings. The maximum absolute atomic E-state index is 12.4. The molecule has 130 valence electrons. The summed E-state index contributed by atoms with van der Waals surface area (Å²) in [5.41, 5.74) is -0.0836. The normalized spacial score (nSPS) is 29.1. The average molecular weight is 331 g/mol. The van der Waals surface area contributed by atoms with Gasteiger partial charge in [-0.05, 0) is 44.2 Å². The van der Waals surface area contributed by atoms with Crippen molar-refractivity contribution < 1.29 is 14.3 Å². The first-order valence-corrected chi connectivity index (χ1v) is 8.96. The van der Waals surface area contributed by atoms with Crippen molar-refractivity contribution in [1.29, 1.82) is 0 Å². The minimum absolute atomic E-state index is 0.0836. The van der Waals surface area contributed by atoms with Crippen molar-refractivity contribution in [2.75, 3.05) is 31.6 Å². The predicted octanol–water partition coefficient (Wildman–Crippen LogP) is 1.82. The van der Waals surface area contributed by atoms with Gasteiger partial charge in [0.2, 0.25) is 0 Å². The Hall–Kier alpha value is -1.66. The molecule has 1 unspecified atom stereocenters. The van der Waals surface area contributed by atoms with Gasteiger partial charge in [-0.1, -0.05) is 6.07 Å². The van der Waals surface area contributed by atoms with E-state index in [9.17, 15) is 4.79 Å². The highest BCUT2D eigenvalue weighted by Crippen LogP contribution is 2.37. The smallest absolute Gasteiger partial charge is 0.251 e. The third-order valence-electron chi connectivity index (χ3n) is 5.42. The van der Waals surface area contributed by atoms with Gasteiger partial charge >= 0.3 is 0 Å². The maximum atomic E-state index is 12.4. The highest BCUT2D eigenvalue weighted by molar-refractivity contribution is 5.81. The number of carbonyl (C=O) groups excluding carboxylic acids is 1. The van der Waals surface area contributed by atoms with E-state index in [1.807, 2.05) is 23.1 Å². The van der Waals surface area contributed by atoms with E-state index in [1.54, 1.807) is 6.20 Å². The van der Waals surface area contributed by atoms with Crippen molar-refractivity contribution in [2.45, 2.75) is 49.9 Å². The van der Waals surface area contributed by atoms with Crippen molar-refractivity contribution in [3.63, 3.8) is 0 Å². The van der Waals surface area contributed by atoms with Gasteiger partial charge in [0, 0.05) is 25.9 Å². The van der Waals surface area contributed by atoms with Crippen molar-refractivity contribution in [2.24, 2.45) is 0 Å². The number of carbonyl (C=O) groups is 1. The number of nitrogens with zero attached hydrogens (tertiary/aromatic N) is 2. The van der Waals surface area contributed by atoms with Crippen LogP contribution in [0.25, 0.3) is 0 Å². The first-order chi connectivity index (χ1) is 11.7. The van der Waals surface area contributed by atoms with E-state index in [1.165, 1.54) is 0 Å². The Morgan fingerprint density at radius 1 is 1.33 bits per heavy atom. The average Bonchev–Trinajstić information content (AvgIpc) is 3.27. The summed E-state index contributed by atoms with van der Waals surface area (Å²) in [7, 11) is 0. The fourth-order valence-electron chi connectivity index (χ4n) is 4.05. The highest BCUT2D eigenvalue weighted by Gasteiger charge is 2.44. The molecule has 4 rings (SSSR count). The number of ether oxygens (including phenoxy) is 2. The fourth-order valence-corrected chi connectivity index (χ4v) is 4.05. The van der Waals surface area contributed by atoms with Crippen LogP contribution in [0.1, 0.15) is 32.1 Å². The number of nitrogens with one attached hydrogen (secondary N) is 1. The van der Waals surface area contributed by atoms with Gasteiger partial charge < -0.3 is 19.7 Å². The lowest BCUT2D eigenvalue weighted by molar-refractivity contribution is -0.145. The Morgan fingerprint density at radius 2 is 2.21 bits per heavy atom. The van der Waals surface area contributed by atoms with Gasteiger partial charge in [-0.3, -0.25) is 4.79 Å². The van der Waals surface area contributed by atoms with Gasteiger partial charge in [0.25, 0.3) is 5.91 Å². The molecule has 4 heterocycles. The summed E-state index contributed by atoms with van der Waals surface area (Å²) in [5, 5.41) is 3.45. The molecule has 6 nitrogen and oxygen atoms in total. The van der Waals surface area contributed by atoms with E-state index in [0.717, 1.165) is 57.6 Å². The van der Waals surface area contributed by atoms with Crippen LogP contribution in [0.3, 0.4) is 0 Å². The largest absolute Gasteiger partial charge is 0.373 e. The SMILES string of the molecule is O=C([C@@H]1CCCO1)N1CCC2(CC1)CC(Nc1ccccn1)CO2. The molecular formula is C18H25N3O3. The number of hydrogen-bond acceptors (Lipinski definition) is 5. The molecule has 2 atom stereocenters. The zero-order valence-electron chi connectivity index (χ0n) is 13.9. The van der Waals surface area contributed by atoms with E-state index < -0.39 is 0 Å². The zero-order valence-corrected chi connectivity index (χ0v) is 13.9. The third kappa shape index (κ3) is 3.26. The first-order valence-electron chi connectivity index (χ1n) is 8.96. The van der Waals surface area contributed by atoms with Gasteiger partial charge in [0.15, 0.2) is 0 Å². The van der Waals surface area contributed by atoms with Crippen LogP contribution < -0.4 is 5.32 Å². The van der Waals surface area contributed by atoms with Gasteiger partial charge in [0.1, 0.15) is 11.9 Å². The number of pyridine rings is 1. The monoisotopic (exact) mass is 331 g/mol. The quantitative estimate of drug-likeness (QED) is 0.915. The molecule has 1 amide bonds. The minimum atomic E-state index is -0.206. The standard InChI is InChI=1S/C18H25N3O3/c22-17(15-4-3-11-23-15)21-9-6-18(7-10-21)12-14(13-24-18)20-16-5-1-2-8-19-16/h1-2,5,8,14-15H,3-4,6-7,9-13H2,(H,19,20)/t14?,15-/m0/s1. The molecule has 1 aromatic rings. The van der Waals surface area contributed by atoms with Crippen LogP contribution in [0, 0.1) is 0 Å². The van der Waals surface area contributed by atoms with Crippen LogP contribution in [0.2, 0.25) is 0 Å². The summed E-state index contributed by atoms with van der Waals surface area (Å²) in [6, 6.07) is 6.17. The van der Waals surface area contributed by atoms with Crippen LogP contribution in [0.5, 0.6) is 0 Å². The van der Waals surface area contributed by atoms with Crippen molar-refractivity contribution in [1.82, 2.24) is 9.88 Å². The van der Waals surface area contributed by atoms with Gasteiger partial charge in [-0.15, -0.1) is 0 Å². The van der Waals surface area contributed by atoms with Gasteiger partial charge in [-0.2, -0.15) is 0 Å². The lowest BCUT2D eigenvalue weighted by Crippen LogP contribution is -2.49. The molecule has 24 heavy (non-hydrogen) atoms. The molecule has 0 saturated carbocycles. The number of aromatic nitrogens is 1. The number of rotatable bonds is 3. The number of hydrogen-bond donors (Lipinski definition) is 1. The van der Waals surface area contributed by atoms with Crippen LogP contribution >= 0.6 is 0 Å². The molecule has 6 heteroatoms.